The molecular formula is C11H10ClF3IN. The molecule has 1 heterocycles. The van der Waals surface area contributed by atoms with Crippen LogP contribution < -0.4 is 5.32 Å². The molecule has 0 fully saturated rings. The van der Waals surface area contributed by atoms with Gasteiger partial charge in [-0.3, -0.25) is 0 Å². The molecule has 0 spiro atoms. The van der Waals surface area contributed by atoms with Gasteiger partial charge in [0.2, 0.25) is 0 Å². The number of anilines is 1. The van der Waals surface area contributed by atoms with Crippen molar-refractivity contribution in [1.29, 1.82) is 0 Å². The van der Waals surface area contributed by atoms with Gasteiger partial charge in [0.15, 0.2) is 0 Å². The SMILES string of the molecule is FC(F)(F)CC1CCNc2c(I)cc(Cl)cc21. The van der Waals surface area contributed by atoms with Crippen LogP contribution in [0.2, 0.25) is 5.02 Å². The van der Waals surface area contributed by atoms with Crippen molar-refractivity contribution >= 4 is 39.9 Å². The molecule has 1 atom stereocenters. The molecule has 0 aromatic heterocycles. The Bertz CT molecular complexity index is 433. The Kier molecular flexibility index (Phi) is 3.77. The summed E-state index contributed by atoms with van der Waals surface area (Å²) in [5, 5.41) is 3.63. The first-order valence-electron chi connectivity index (χ1n) is 5.16. The van der Waals surface area contributed by atoms with E-state index in [0.29, 0.717) is 23.6 Å². The minimum Gasteiger partial charge on any atom is -0.384 e. The second-order valence-corrected chi connectivity index (χ2v) is 5.68. The van der Waals surface area contributed by atoms with Gasteiger partial charge in [-0.15, -0.1) is 0 Å². The van der Waals surface area contributed by atoms with E-state index in [9.17, 15) is 13.2 Å². The number of fused-ring (bicyclic) bond motifs is 1. The first kappa shape index (κ1) is 13.3. The molecule has 2 rings (SSSR count). The first-order valence-corrected chi connectivity index (χ1v) is 6.62. The van der Waals surface area contributed by atoms with Gasteiger partial charge in [-0.1, -0.05) is 11.6 Å². The summed E-state index contributed by atoms with van der Waals surface area (Å²) >= 11 is 7.99. The van der Waals surface area contributed by atoms with E-state index in [2.05, 4.69) is 27.9 Å². The molecule has 1 aromatic rings. The summed E-state index contributed by atoms with van der Waals surface area (Å²) in [7, 11) is 0. The lowest BCUT2D eigenvalue weighted by molar-refractivity contribution is -0.139. The van der Waals surface area contributed by atoms with Crippen molar-refractivity contribution in [3.63, 3.8) is 0 Å². The maximum atomic E-state index is 12.5. The van der Waals surface area contributed by atoms with Crippen LogP contribution in [-0.4, -0.2) is 12.7 Å². The number of nitrogens with one attached hydrogen (secondary N) is 1. The number of rotatable bonds is 1. The zero-order valence-corrected chi connectivity index (χ0v) is 11.7. The van der Waals surface area contributed by atoms with E-state index in [1.165, 1.54) is 0 Å². The quantitative estimate of drug-likeness (QED) is 0.696. The van der Waals surface area contributed by atoms with Crippen molar-refractivity contribution in [2.45, 2.75) is 24.9 Å². The molecule has 0 radical (unpaired) electrons. The smallest absolute Gasteiger partial charge is 0.384 e. The Labute approximate surface area is 116 Å². The van der Waals surface area contributed by atoms with Crippen LogP contribution in [0.25, 0.3) is 0 Å². The van der Waals surface area contributed by atoms with Crippen LogP contribution in [-0.2, 0) is 0 Å². The topological polar surface area (TPSA) is 12.0 Å². The van der Waals surface area contributed by atoms with E-state index < -0.39 is 18.5 Å². The number of hydrogen-bond donors (Lipinski definition) is 1. The predicted octanol–water partition coefficient (Wildman–Crippen LogP) is 4.80. The van der Waals surface area contributed by atoms with Crippen molar-refractivity contribution in [3.05, 3.63) is 26.3 Å². The second kappa shape index (κ2) is 4.84. The van der Waals surface area contributed by atoms with Crippen LogP contribution in [0, 0.1) is 3.57 Å². The summed E-state index contributed by atoms with van der Waals surface area (Å²) < 4.78 is 38.3. The lowest BCUT2D eigenvalue weighted by atomic mass is 9.88. The van der Waals surface area contributed by atoms with Gasteiger partial charge in [-0.25, -0.2) is 0 Å². The van der Waals surface area contributed by atoms with Gasteiger partial charge in [0.1, 0.15) is 0 Å². The third-order valence-corrected chi connectivity index (χ3v) is 3.87. The highest BCUT2D eigenvalue weighted by atomic mass is 127. The summed E-state index contributed by atoms with van der Waals surface area (Å²) in [5.74, 6) is -0.488. The van der Waals surface area contributed by atoms with Crippen molar-refractivity contribution in [3.8, 4) is 0 Å². The highest BCUT2D eigenvalue weighted by Gasteiger charge is 2.35. The summed E-state index contributed by atoms with van der Waals surface area (Å²) in [5.41, 5.74) is 1.49. The average Bonchev–Trinajstić information content (AvgIpc) is 2.17. The molecule has 0 bridgehead atoms. The van der Waals surface area contributed by atoms with E-state index in [4.69, 9.17) is 11.6 Å². The van der Waals surface area contributed by atoms with Gasteiger partial charge in [0.25, 0.3) is 0 Å². The van der Waals surface area contributed by atoms with Crippen LogP contribution >= 0.6 is 34.2 Å². The molecule has 0 aliphatic carbocycles. The zero-order chi connectivity index (χ0) is 12.6. The van der Waals surface area contributed by atoms with Gasteiger partial charge < -0.3 is 5.32 Å². The molecule has 1 N–H and O–H groups in total. The molecule has 1 aliphatic heterocycles. The fourth-order valence-corrected chi connectivity index (χ4v) is 3.37. The van der Waals surface area contributed by atoms with Crippen molar-refractivity contribution in [2.24, 2.45) is 0 Å². The van der Waals surface area contributed by atoms with E-state index in [0.717, 1.165) is 9.26 Å². The maximum Gasteiger partial charge on any atom is 0.389 e. The third-order valence-electron chi connectivity index (χ3n) is 2.80. The molecule has 1 unspecified atom stereocenters. The van der Waals surface area contributed by atoms with Crippen molar-refractivity contribution in [2.75, 3.05) is 11.9 Å². The molecule has 1 nitrogen and oxygen atoms in total. The van der Waals surface area contributed by atoms with Gasteiger partial charge in [0, 0.05) is 15.1 Å². The van der Waals surface area contributed by atoms with Crippen LogP contribution in [0.5, 0.6) is 0 Å². The molecule has 1 aromatic carbocycles. The van der Waals surface area contributed by atoms with Crippen LogP contribution in [0.15, 0.2) is 12.1 Å². The zero-order valence-electron chi connectivity index (χ0n) is 8.74. The monoisotopic (exact) mass is 375 g/mol. The van der Waals surface area contributed by atoms with Crippen LogP contribution in [0.1, 0.15) is 24.3 Å². The molecular weight excluding hydrogens is 365 g/mol. The lowest BCUT2D eigenvalue weighted by Gasteiger charge is -2.28. The van der Waals surface area contributed by atoms with E-state index in [1.807, 2.05) is 0 Å². The van der Waals surface area contributed by atoms with E-state index in [-0.39, 0.29) is 0 Å². The normalized spacial score (nSPS) is 19.7. The minimum absolute atomic E-state index is 0.488. The molecule has 6 heteroatoms. The molecule has 0 saturated carbocycles. The molecule has 0 saturated heterocycles. The van der Waals surface area contributed by atoms with Crippen molar-refractivity contribution in [1.82, 2.24) is 0 Å². The molecule has 94 valence electrons. The molecule has 1 aliphatic rings. The average molecular weight is 376 g/mol. The Balaban J connectivity index is 2.37. The third kappa shape index (κ3) is 3.19. The maximum absolute atomic E-state index is 12.5. The Morgan fingerprint density at radius 3 is 2.76 bits per heavy atom. The Hall–Kier alpha value is -0.170. The Morgan fingerprint density at radius 2 is 2.12 bits per heavy atom. The minimum atomic E-state index is -4.13. The van der Waals surface area contributed by atoms with Gasteiger partial charge in [0.05, 0.1) is 12.1 Å². The van der Waals surface area contributed by atoms with Crippen molar-refractivity contribution < 1.29 is 13.2 Å². The first-order chi connectivity index (χ1) is 7.87. The highest BCUT2D eigenvalue weighted by Crippen LogP contribution is 2.42. The van der Waals surface area contributed by atoms with Gasteiger partial charge in [-0.2, -0.15) is 13.2 Å². The summed E-state index contributed by atoms with van der Waals surface area (Å²) in [4.78, 5) is 0. The number of alkyl halides is 3. The predicted molar refractivity (Wildman–Crippen MR) is 70.7 cm³/mol. The highest BCUT2D eigenvalue weighted by molar-refractivity contribution is 14.1. The van der Waals surface area contributed by atoms with Crippen LogP contribution in [0.4, 0.5) is 18.9 Å². The standard InChI is InChI=1S/C11H10ClF3IN/c12-7-3-8-6(5-11(13,14)15)1-2-17-10(8)9(16)4-7/h3-4,6,17H,1-2,5H2. The second-order valence-electron chi connectivity index (χ2n) is 4.08. The Morgan fingerprint density at radius 1 is 1.41 bits per heavy atom. The van der Waals surface area contributed by atoms with Gasteiger partial charge >= 0.3 is 6.18 Å². The molecule has 0 amide bonds. The number of halogens is 5. The van der Waals surface area contributed by atoms with E-state index in [1.54, 1.807) is 12.1 Å². The lowest BCUT2D eigenvalue weighted by Crippen LogP contribution is -2.22. The van der Waals surface area contributed by atoms with E-state index >= 15 is 0 Å². The summed E-state index contributed by atoms with van der Waals surface area (Å²) in [6.45, 7) is 0.575. The number of hydrogen-bond acceptors (Lipinski definition) is 1. The van der Waals surface area contributed by atoms with Crippen LogP contribution in [0.3, 0.4) is 0 Å². The largest absolute Gasteiger partial charge is 0.389 e. The molecule has 17 heavy (non-hydrogen) atoms. The fourth-order valence-electron chi connectivity index (χ4n) is 2.12. The number of benzene rings is 1. The fraction of sp³-hybridized carbons (Fsp3) is 0.455. The summed E-state index contributed by atoms with van der Waals surface area (Å²) in [6.07, 6.45) is -4.42. The summed E-state index contributed by atoms with van der Waals surface area (Å²) in [6, 6.07) is 3.39. The van der Waals surface area contributed by atoms with Gasteiger partial charge in [-0.05, 0) is 52.6 Å².